The van der Waals surface area contributed by atoms with Crippen molar-refractivity contribution < 1.29 is 54.4 Å². The maximum absolute atomic E-state index is 12.5. The van der Waals surface area contributed by atoms with Gasteiger partial charge in [-0.2, -0.15) is 0 Å². The van der Waals surface area contributed by atoms with Gasteiger partial charge in [-0.05, 0) is 18.2 Å². The van der Waals surface area contributed by atoms with Crippen molar-refractivity contribution >= 4 is 16.9 Å². The number of carboxylic acids is 1. The van der Waals surface area contributed by atoms with Crippen LogP contribution in [0.25, 0.3) is 22.3 Å². The van der Waals surface area contributed by atoms with Crippen LogP contribution in [0.2, 0.25) is 0 Å². The molecule has 12 heteroatoms. The van der Waals surface area contributed by atoms with Crippen molar-refractivity contribution in [3.8, 4) is 34.3 Å². The van der Waals surface area contributed by atoms with Crippen LogP contribution in [0, 0.1) is 0 Å². The van der Waals surface area contributed by atoms with E-state index in [0.717, 1.165) is 24.3 Å². The third-order valence-corrected chi connectivity index (χ3v) is 5.11. The molecule has 0 unspecified atom stereocenters. The van der Waals surface area contributed by atoms with E-state index in [1.807, 2.05) is 0 Å². The van der Waals surface area contributed by atoms with E-state index in [4.69, 9.17) is 19.0 Å². The van der Waals surface area contributed by atoms with Gasteiger partial charge in [0.25, 0.3) is 0 Å². The van der Waals surface area contributed by atoms with E-state index in [1.165, 1.54) is 12.1 Å². The Kier molecular flexibility index (Phi) is 5.59. The molecular formula is C21H18O12. The second-order valence-electron chi connectivity index (χ2n) is 7.35. The predicted octanol–water partition coefficient (Wildman–Crippen LogP) is -0.152. The Morgan fingerprint density at radius 3 is 2.27 bits per heavy atom. The minimum absolute atomic E-state index is 0.0159. The number of aromatic hydroxyl groups is 3. The molecule has 3 aromatic rings. The first-order chi connectivity index (χ1) is 15.6. The van der Waals surface area contributed by atoms with Crippen LogP contribution in [0.4, 0.5) is 0 Å². The van der Waals surface area contributed by atoms with E-state index in [1.54, 1.807) is 0 Å². The van der Waals surface area contributed by atoms with Crippen molar-refractivity contribution in [2.45, 2.75) is 30.7 Å². The van der Waals surface area contributed by atoms with Crippen molar-refractivity contribution in [1.29, 1.82) is 0 Å². The van der Waals surface area contributed by atoms with Crippen LogP contribution in [0.5, 0.6) is 23.0 Å². The van der Waals surface area contributed by atoms with Crippen LogP contribution in [-0.2, 0) is 9.53 Å². The number of aliphatic hydroxyl groups excluding tert-OH is 3. The number of aliphatic hydroxyl groups is 3. The number of carbonyl (C=O) groups is 1. The number of hydrogen-bond acceptors (Lipinski definition) is 11. The van der Waals surface area contributed by atoms with E-state index in [0.29, 0.717) is 0 Å². The number of rotatable bonds is 4. The molecule has 0 bridgehead atoms. The van der Waals surface area contributed by atoms with E-state index >= 15 is 0 Å². The van der Waals surface area contributed by atoms with Crippen LogP contribution in [0.3, 0.4) is 0 Å². The molecule has 4 rings (SSSR count). The molecule has 2 heterocycles. The number of hydrogen-bond donors (Lipinski definition) is 7. The lowest BCUT2D eigenvalue weighted by atomic mass is 9.99. The van der Waals surface area contributed by atoms with E-state index in [-0.39, 0.29) is 33.8 Å². The summed E-state index contributed by atoms with van der Waals surface area (Å²) >= 11 is 0. The summed E-state index contributed by atoms with van der Waals surface area (Å²) in [7, 11) is 0. The molecule has 1 aromatic heterocycles. The van der Waals surface area contributed by atoms with Crippen molar-refractivity contribution in [3.63, 3.8) is 0 Å². The fraction of sp³-hybridized carbons (Fsp3) is 0.238. The molecule has 1 saturated heterocycles. The van der Waals surface area contributed by atoms with Gasteiger partial charge in [-0.1, -0.05) is 0 Å². The standard InChI is InChI=1S/C21H18O12/c22-9-2-1-7(3-10(9)23)13-6-12(25)15-11(24)4-8(5-14(15)32-13)31-21-18(28)16(26)17(27)19(33-21)20(29)30/h1-6,16-19,21-24,26-28H,(H,29,30)/t16-,17-,18+,19-,21-/m1/s1. The predicted molar refractivity (Wildman–Crippen MR) is 108 cm³/mol. The molecule has 0 saturated carbocycles. The van der Waals surface area contributed by atoms with Gasteiger partial charge in [0.15, 0.2) is 23.0 Å². The molecule has 12 nitrogen and oxygen atoms in total. The van der Waals surface area contributed by atoms with Gasteiger partial charge in [0.2, 0.25) is 6.29 Å². The molecule has 7 N–H and O–H groups in total. The van der Waals surface area contributed by atoms with Crippen molar-refractivity contribution in [2.24, 2.45) is 0 Å². The number of benzene rings is 2. The summed E-state index contributed by atoms with van der Waals surface area (Å²) in [5.74, 6) is -3.22. The minimum Gasteiger partial charge on any atom is -0.507 e. The van der Waals surface area contributed by atoms with Gasteiger partial charge in [0, 0.05) is 23.8 Å². The first-order valence-electron chi connectivity index (χ1n) is 9.49. The lowest BCUT2D eigenvalue weighted by Gasteiger charge is -2.38. The molecule has 1 aliphatic heterocycles. The quantitative estimate of drug-likeness (QED) is 0.253. The van der Waals surface area contributed by atoms with Crippen molar-refractivity contribution in [3.05, 3.63) is 46.6 Å². The molecule has 0 aliphatic carbocycles. The van der Waals surface area contributed by atoms with E-state index in [2.05, 4.69) is 0 Å². The van der Waals surface area contributed by atoms with E-state index < -0.39 is 53.6 Å². The molecule has 174 valence electrons. The Morgan fingerprint density at radius 1 is 0.879 bits per heavy atom. The monoisotopic (exact) mass is 462 g/mol. The number of ether oxygens (including phenoxy) is 2. The van der Waals surface area contributed by atoms with Gasteiger partial charge >= 0.3 is 5.97 Å². The van der Waals surface area contributed by atoms with Gasteiger partial charge in [-0.3, -0.25) is 4.79 Å². The second-order valence-corrected chi connectivity index (χ2v) is 7.35. The number of fused-ring (bicyclic) bond motifs is 1. The summed E-state index contributed by atoms with van der Waals surface area (Å²) in [6.45, 7) is 0. The first-order valence-corrected chi connectivity index (χ1v) is 9.49. The molecular weight excluding hydrogens is 444 g/mol. The Bertz CT molecular complexity index is 1280. The van der Waals surface area contributed by atoms with Gasteiger partial charge in [-0.25, -0.2) is 4.79 Å². The summed E-state index contributed by atoms with van der Waals surface area (Å²) in [5, 5.41) is 68.2. The molecule has 5 atom stereocenters. The van der Waals surface area contributed by atoms with Crippen LogP contribution < -0.4 is 10.2 Å². The zero-order valence-electron chi connectivity index (χ0n) is 16.5. The average Bonchev–Trinajstić information content (AvgIpc) is 2.75. The largest absolute Gasteiger partial charge is 0.507 e. The Labute approximate surface area is 183 Å². The summed E-state index contributed by atoms with van der Waals surface area (Å²) in [4.78, 5) is 23.8. The highest BCUT2D eigenvalue weighted by Gasteiger charge is 2.48. The van der Waals surface area contributed by atoms with Crippen molar-refractivity contribution in [1.82, 2.24) is 0 Å². The molecule has 1 aliphatic rings. The molecule has 0 amide bonds. The van der Waals surface area contributed by atoms with Crippen LogP contribution in [-0.4, -0.2) is 72.4 Å². The number of phenolic OH excluding ortho intramolecular Hbond substituents is 3. The number of phenols is 3. The third kappa shape index (κ3) is 4.03. The van der Waals surface area contributed by atoms with Gasteiger partial charge in [0.1, 0.15) is 46.5 Å². The second kappa shape index (κ2) is 8.26. The zero-order chi connectivity index (χ0) is 24.0. The summed E-state index contributed by atoms with van der Waals surface area (Å²) < 4.78 is 16.0. The molecule has 1 fully saturated rings. The van der Waals surface area contributed by atoms with Crippen molar-refractivity contribution in [2.75, 3.05) is 0 Å². The molecule has 0 spiro atoms. The van der Waals surface area contributed by atoms with Gasteiger partial charge in [0.05, 0.1) is 0 Å². The van der Waals surface area contributed by atoms with Gasteiger partial charge in [-0.15, -0.1) is 0 Å². The molecule has 33 heavy (non-hydrogen) atoms. The fourth-order valence-corrected chi connectivity index (χ4v) is 3.41. The Morgan fingerprint density at radius 2 is 1.61 bits per heavy atom. The fourth-order valence-electron chi connectivity index (χ4n) is 3.41. The normalized spacial score (nSPS) is 25.1. The Balaban J connectivity index is 1.72. The highest BCUT2D eigenvalue weighted by Crippen LogP contribution is 2.35. The van der Waals surface area contributed by atoms with Gasteiger partial charge < -0.3 is 49.6 Å². The highest BCUT2D eigenvalue weighted by molar-refractivity contribution is 5.86. The lowest BCUT2D eigenvalue weighted by Crippen LogP contribution is -2.61. The van der Waals surface area contributed by atoms with Crippen LogP contribution in [0.1, 0.15) is 0 Å². The smallest absolute Gasteiger partial charge is 0.335 e. The Hall–Kier alpha value is -3.84. The summed E-state index contributed by atoms with van der Waals surface area (Å²) in [6, 6.07) is 6.94. The lowest BCUT2D eigenvalue weighted by molar-refractivity contribution is -0.271. The van der Waals surface area contributed by atoms with Crippen LogP contribution >= 0.6 is 0 Å². The zero-order valence-corrected chi connectivity index (χ0v) is 16.5. The maximum atomic E-state index is 12.5. The number of aliphatic carboxylic acids is 1. The topological polar surface area (TPSA) is 207 Å². The average molecular weight is 462 g/mol. The molecule has 0 radical (unpaired) electrons. The number of carboxylic acid groups (broad SMARTS) is 1. The SMILES string of the molecule is O=C(O)[C@@H]1O[C@@H](Oc2cc(O)c3c(=O)cc(-c4ccc(O)c(O)c4)oc3c2)[C@@H](O)[C@H](O)[C@H]1O. The highest BCUT2D eigenvalue weighted by atomic mass is 16.7. The van der Waals surface area contributed by atoms with Crippen LogP contribution in [0.15, 0.2) is 45.6 Å². The maximum Gasteiger partial charge on any atom is 0.335 e. The third-order valence-electron chi connectivity index (χ3n) is 5.11. The molecule has 2 aromatic carbocycles. The first kappa shape index (κ1) is 22.4. The minimum atomic E-state index is -1.91. The van der Waals surface area contributed by atoms with E-state index in [9.17, 15) is 40.2 Å². The summed E-state index contributed by atoms with van der Waals surface area (Å²) in [6.07, 6.45) is -9.29. The summed E-state index contributed by atoms with van der Waals surface area (Å²) in [5.41, 5.74) is -0.565.